The number of carbonyl (C=O) groups excluding carboxylic acids is 1. The Hall–Kier alpha value is -3.01. The second-order valence-electron chi connectivity index (χ2n) is 10.1. The minimum atomic E-state index is -4.39. The maximum Gasteiger partial charge on any atom is 0.416 e. The summed E-state index contributed by atoms with van der Waals surface area (Å²) in [5, 5.41) is 8.60. The molecule has 0 unspecified atom stereocenters. The predicted molar refractivity (Wildman–Crippen MR) is 131 cm³/mol. The van der Waals surface area contributed by atoms with Crippen LogP contribution in [0.3, 0.4) is 0 Å². The Labute approximate surface area is 209 Å². The van der Waals surface area contributed by atoms with Gasteiger partial charge in [-0.05, 0) is 52.7 Å². The van der Waals surface area contributed by atoms with Gasteiger partial charge in [-0.25, -0.2) is 9.97 Å². The Morgan fingerprint density at radius 3 is 2.14 bits per heavy atom. The number of hydrogen-bond donors (Lipinski definition) is 1. The third-order valence-corrected chi connectivity index (χ3v) is 7.73. The van der Waals surface area contributed by atoms with E-state index in [1.807, 2.05) is 30.6 Å². The van der Waals surface area contributed by atoms with Crippen molar-refractivity contribution in [2.45, 2.75) is 58.3 Å². The maximum atomic E-state index is 13.1. The third-order valence-electron chi connectivity index (χ3n) is 7.73. The Kier molecular flexibility index (Phi) is 7.10. The lowest BCUT2D eigenvalue weighted by molar-refractivity contribution is -0.137. The van der Waals surface area contributed by atoms with Gasteiger partial charge in [0.2, 0.25) is 0 Å². The molecule has 1 N–H and O–H groups in total. The lowest BCUT2D eigenvalue weighted by Gasteiger charge is -2.52. The van der Waals surface area contributed by atoms with Gasteiger partial charge >= 0.3 is 6.18 Å². The van der Waals surface area contributed by atoms with Crippen molar-refractivity contribution < 1.29 is 18.0 Å². The monoisotopic (exact) mass is 502 g/mol. The normalized spacial score (nSPS) is 20.9. The molecule has 0 spiro atoms. The molecular formula is C26H33F3N6O. The van der Waals surface area contributed by atoms with Crippen molar-refractivity contribution in [3.8, 4) is 0 Å². The SMILES string of the molecule is Cc1ncnc(C)c1C(=O)N1CCC(C)(N2CCN(C(=N)c3ccc(C(F)(F)F)cc3)[C@@H](C)C2)CC1. The number of hydrogen-bond acceptors (Lipinski definition) is 5. The van der Waals surface area contributed by atoms with Crippen molar-refractivity contribution in [1.82, 2.24) is 24.7 Å². The minimum absolute atomic E-state index is 0.0178. The Morgan fingerprint density at radius 1 is 1.03 bits per heavy atom. The van der Waals surface area contributed by atoms with E-state index in [2.05, 4.69) is 21.8 Å². The van der Waals surface area contributed by atoms with E-state index < -0.39 is 11.7 Å². The summed E-state index contributed by atoms with van der Waals surface area (Å²) < 4.78 is 38.7. The van der Waals surface area contributed by atoms with Crippen LogP contribution >= 0.6 is 0 Å². The number of amidine groups is 1. The van der Waals surface area contributed by atoms with Crippen molar-refractivity contribution in [2.75, 3.05) is 32.7 Å². The average molecular weight is 503 g/mol. The van der Waals surface area contributed by atoms with Crippen LogP contribution in [0.2, 0.25) is 0 Å². The summed E-state index contributed by atoms with van der Waals surface area (Å²) in [5.41, 5.74) is 1.69. The number of piperazine rings is 1. The maximum absolute atomic E-state index is 13.1. The molecule has 0 bridgehead atoms. The third kappa shape index (κ3) is 5.09. The topological polar surface area (TPSA) is 76.4 Å². The van der Waals surface area contributed by atoms with Gasteiger partial charge in [-0.3, -0.25) is 15.1 Å². The van der Waals surface area contributed by atoms with Crippen LogP contribution in [0.1, 0.15) is 59.6 Å². The highest BCUT2D eigenvalue weighted by atomic mass is 19.4. The van der Waals surface area contributed by atoms with Crippen molar-refractivity contribution in [3.05, 3.63) is 58.7 Å². The van der Waals surface area contributed by atoms with Gasteiger partial charge in [0.1, 0.15) is 12.2 Å². The van der Waals surface area contributed by atoms with E-state index in [1.165, 1.54) is 18.5 Å². The molecule has 36 heavy (non-hydrogen) atoms. The summed E-state index contributed by atoms with van der Waals surface area (Å²) in [6.45, 7) is 11.4. The van der Waals surface area contributed by atoms with Gasteiger partial charge in [-0.2, -0.15) is 13.2 Å². The number of benzene rings is 1. The predicted octanol–water partition coefficient (Wildman–Crippen LogP) is 4.14. The zero-order chi connectivity index (χ0) is 26.3. The first-order valence-electron chi connectivity index (χ1n) is 12.3. The molecule has 1 amide bonds. The van der Waals surface area contributed by atoms with Crippen LogP contribution in [-0.4, -0.2) is 80.7 Å². The Morgan fingerprint density at radius 2 is 1.61 bits per heavy atom. The number of halogens is 3. The zero-order valence-corrected chi connectivity index (χ0v) is 21.2. The van der Waals surface area contributed by atoms with E-state index in [0.717, 1.165) is 38.1 Å². The number of rotatable bonds is 3. The number of aryl methyl sites for hydroxylation is 2. The molecule has 10 heteroatoms. The molecule has 0 radical (unpaired) electrons. The van der Waals surface area contributed by atoms with E-state index in [9.17, 15) is 18.0 Å². The van der Waals surface area contributed by atoms with Crippen LogP contribution in [0, 0.1) is 19.3 Å². The minimum Gasteiger partial charge on any atom is -0.351 e. The molecule has 1 aromatic carbocycles. The summed E-state index contributed by atoms with van der Waals surface area (Å²) in [6, 6.07) is 4.85. The second kappa shape index (κ2) is 9.80. The van der Waals surface area contributed by atoms with E-state index >= 15 is 0 Å². The zero-order valence-electron chi connectivity index (χ0n) is 21.2. The quantitative estimate of drug-likeness (QED) is 0.504. The summed E-state index contributed by atoms with van der Waals surface area (Å²) in [6.07, 6.45) is -1.23. The van der Waals surface area contributed by atoms with Gasteiger partial charge in [-0.1, -0.05) is 12.1 Å². The Balaban J connectivity index is 1.37. The average Bonchev–Trinajstić information content (AvgIpc) is 2.83. The van der Waals surface area contributed by atoms with E-state index in [0.29, 0.717) is 42.1 Å². The first-order valence-corrected chi connectivity index (χ1v) is 12.3. The van der Waals surface area contributed by atoms with Crippen LogP contribution in [0.4, 0.5) is 13.2 Å². The van der Waals surface area contributed by atoms with Gasteiger partial charge in [0.25, 0.3) is 5.91 Å². The smallest absolute Gasteiger partial charge is 0.351 e. The lowest BCUT2D eigenvalue weighted by atomic mass is 9.86. The number of carbonyl (C=O) groups is 1. The van der Waals surface area contributed by atoms with Crippen molar-refractivity contribution in [3.63, 3.8) is 0 Å². The largest absolute Gasteiger partial charge is 0.416 e. The molecule has 2 aliphatic heterocycles. The molecule has 194 valence electrons. The summed E-state index contributed by atoms with van der Waals surface area (Å²) in [5.74, 6) is 0.230. The first-order chi connectivity index (χ1) is 16.9. The van der Waals surface area contributed by atoms with Gasteiger partial charge in [-0.15, -0.1) is 0 Å². The fourth-order valence-corrected chi connectivity index (χ4v) is 5.33. The second-order valence-corrected chi connectivity index (χ2v) is 10.1. The van der Waals surface area contributed by atoms with Gasteiger partial charge < -0.3 is 9.80 Å². The highest BCUT2D eigenvalue weighted by Gasteiger charge is 2.40. The molecule has 0 saturated carbocycles. The van der Waals surface area contributed by atoms with Gasteiger partial charge in [0.15, 0.2) is 0 Å². The highest BCUT2D eigenvalue weighted by Crippen LogP contribution is 2.33. The number of piperidine rings is 1. The summed E-state index contributed by atoms with van der Waals surface area (Å²) >= 11 is 0. The highest BCUT2D eigenvalue weighted by molar-refractivity contribution is 5.97. The van der Waals surface area contributed by atoms with Crippen LogP contribution in [0.25, 0.3) is 0 Å². The molecule has 2 saturated heterocycles. The molecule has 3 heterocycles. The number of likely N-dealkylation sites (tertiary alicyclic amines) is 1. The number of alkyl halides is 3. The molecule has 1 atom stereocenters. The van der Waals surface area contributed by atoms with Gasteiger partial charge in [0.05, 0.1) is 22.5 Å². The lowest BCUT2D eigenvalue weighted by Crippen LogP contribution is -2.62. The number of nitrogens with one attached hydrogen (secondary N) is 1. The molecule has 2 aliphatic rings. The van der Waals surface area contributed by atoms with Crippen molar-refractivity contribution in [1.29, 1.82) is 5.41 Å². The van der Waals surface area contributed by atoms with Crippen LogP contribution < -0.4 is 0 Å². The van der Waals surface area contributed by atoms with E-state index in [-0.39, 0.29) is 23.3 Å². The van der Waals surface area contributed by atoms with Crippen LogP contribution in [0.5, 0.6) is 0 Å². The van der Waals surface area contributed by atoms with Gasteiger partial charge in [0, 0.05) is 49.9 Å². The Bertz CT molecular complexity index is 1110. The summed E-state index contributed by atoms with van der Waals surface area (Å²) in [7, 11) is 0. The van der Waals surface area contributed by atoms with Crippen molar-refractivity contribution in [2.24, 2.45) is 0 Å². The fraction of sp³-hybridized carbons (Fsp3) is 0.538. The fourth-order valence-electron chi connectivity index (χ4n) is 5.33. The molecule has 2 fully saturated rings. The van der Waals surface area contributed by atoms with Crippen LogP contribution in [-0.2, 0) is 6.18 Å². The molecule has 4 rings (SSSR count). The molecule has 1 aromatic heterocycles. The number of aromatic nitrogens is 2. The molecular weight excluding hydrogens is 469 g/mol. The molecule has 7 nitrogen and oxygen atoms in total. The standard InChI is InChI=1S/C26H33F3N6O/c1-17-15-34(13-14-35(17)23(30)20-5-7-21(8-6-20)26(27,28)29)25(4)9-11-33(12-10-25)24(36)22-18(2)31-16-32-19(22)3/h5-8,16-17,30H,9-15H2,1-4H3/t17-/m0/s1. The van der Waals surface area contributed by atoms with E-state index in [4.69, 9.17) is 5.41 Å². The van der Waals surface area contributed by atoms with Crippen LogP contribution in [0.15, 0.2) is 30.6 Å². The first kappa shape index (κ1) is 26.1. The molecule has 2 aromatic rings. The number of amides is 1. The number of nitrogens with zero attached hydrogens (tertiary/aromatic N) is 5. The summed E-state index contributed by atoms with van der Waals surface area (Å²) in [4.78, 5) is 27.8. The van der Waals surface area contributed by atoms with Crippen molar-refractivity contribution >= 4 is 11.7 Å². The van der Waals surface area contributed by atoms with E-state index in [1.54, 1.807) is 0 Å². The molecule has 0 aliphatic carbocycles.